The van der Waals surface area contributed by atoms with Gasteiger partial charge in [-0.1, -0.05) is 21.6 Å². The molecule has 0 aromatic carbocycles. The molecule has 4 aliphatic rings. The van der Waals surface area contributed by atoms with E-state index >= 15 is 0 Å². The fraction of sp³-hybridized carbons (Fsp3) is 0.778. The fourth-order valence-corrected chi connectivity index (χ4v) is 6.68. The lowest BCUT2D eigenvalue weighted by molar-refractivity contribution is -0.118. The van der Waals surface area contributed by atoms with Crippen LogP contribution in [0.2, 0.25) is 0 Å². The van der Waals surface area contributed by atoms with Gasteiger partial charge in [0.15, 0.2) is 0 Å². The van der Waals surface area contributed by atoms with Crippen LogP contribution in [0.4, 0.5) is 0 Å². The first-order chi connectivity index (χ1) is 11.2. The van der Waals surface area contributed by atoms with Crippen molar-refractivity contribution in [2.45, 2.75) is 87.3 Å². The van der Waals surface area contributed by atoms with E-state index in [1.54, 1.807) is 12.5 Å². The van der Waals surface area contributed by atoms with Crippen molar-refractivity contribution in [3.05, 3.63) is 24.0 Å². The maximum Gasteiger partial charge on any atom is 0.244 e. The van der Waals surface area contributed by atoms with E-state index in [1.165, 1.54) is 25.7 Å². The minimum absolute atomic E-state index is 0.330. The highest BCUT2D eigenvalue weighted by atomic mass is 33.1. The summed E-state index contributed by atoms with van der Waals surface area (Å²) in [6.07, 6.45) is 10.6. The highest BCUT2D eigenvalue weighted by molar-refractivity contribution is 8.77. The molecule has 6 heteroatoms. The molecule has 0 amide bonds. The second kappa shape index (κ2) is 5.44. The molecule has 0 saturated heterocycles. The number of ether oxygens (including phenoxy) is 4. The van der Waals surface area contributed by atoms with Gasteiger partial charge in [-0.15, -0.1) is 0 Å². The van der Waals surface area contributed by atoms with Crippen LogP contribution in [0.25, 0.3) is 0 Å². The van der Waals surface area contributed by atoms with Gasteiger partial charge in [0.1, 0.15) is 24.0 Å². The summed E-state index contributed by atoms with van der Waals surface area (Å²) in [6, 6.07) is 0. The quantitative estimate of drug-likeness (QED) is 0.554. The summed E-state index contributed by atoms with van der Waals surface area (Å²) >= 11 is 0. The molecule has 134 valence electrons. The predicted molar refractivity (Wildman–Crippen MR) is 97.0 cm³/mol. The molecule has 2 aliphatic carbocycles. The van der Waals surface area contributed by atoms with Gasteiger partial charge in [0, 0.05) is 50.0 Å². The Kier molecular flexibility index (Phi) is 3.81. The first-order valence-electron chi connectivity index (χ1n) is 8.68. The Labute approximate surface area is 152 Å². The topological polar surface area (TPSA) is 36.9 Å². The van der Waals surface area contributed by atoms with Crippen LogP contribution < -0.4 is 0 Å². The predicted octanol–water partition coefficient (Wildman–Crippen LogP) is 5.46. The minimum Gasteiger partial charge on any atom is -0.457 e. The normalized spacial score (nSPS) is 29.5. The van der Waals surface area contributed by atoms with Crippen LogP contribution in [-0.4, -0.2) is 21.1 Å². The molecule has 2 heterocycles. The van der Waals surface area contributed by atoms with Crippen LogP contribution in [0.3, 0.4) is 0 Å². The number of hydrogen-bond donors (Lipinski definition) is 0. The lowest BCUT2D eigenvalue weighted by Crippen LogP contribution is -2.21. The average Bonchev–Trinajstić information content (AvgIpc) is 3.35. The first-order valence-corrected chi connectivity index (χ1v) is 10.8. The molecule has 4 nitrogen and oxygen atoms in total. The number of rotatable bonds is 7. The molecule has 0 bridgehead atoms. The summed E-state index contributed by atoms with van der Waals surface area (Å²) < 4.78 is 23.5. The van der Waals surface area contributed by atoms with Gasteiger partial charge in [0.25, 0.3) is 0 Å². The minimum atomic E-state index is -0.500. The highest BCUT2D eigenvalue weighted by Crippen LogP contribution is 2.66. The number of allylic oxidation sites excluding steroid dienone is 2. The SMILES string of the molecule is CC1(C)OC=C(CC2(SSC3(CC4=COC(C)(C)O4)CC3)CC2)O1. The van der Waals surface area contributed by atoms with Gasteiger partial charge >= 0.3 is 0 Å². The third-order valence-corrected chi connectivity index (χ3v) is 8.97. The molecule has 2 aliphatic heterocycles. The Morgan fingerprint density at radius 1 is 0.750 bits per heavy atom. The lowest BCUT2D eigenvalue weighted by Gasteiger charge is -2.22. The molecular formula is C18H26O4S2. The van der Waals surface area contributed by atoms with E-state index in [0.717, 1.165) is 24.4 Å². The van der Waals surface area contributed by atoms with E-state index in [-0.39, 0.29) is 0 Å². The molecule has 2 saturated carbocycles. The van der Waals surface area contributed by atoms with E-state index in [2.05, 4.69) is 0 Å². The lowest BCUT2D eigenvalue weighted by atomic mass is 10.2. The van der Waals surface area contributed by atoms with Crippen molar-refractivity contribution in [3.63, 3.8) is 0 Å². The van der Waals surface area contributed by atoms with Gasteiger partial charge in [-0.2, -0.15) is 0 Å². The summed E-state index contributed by atoms with van der Waals surface area (Å²) in [5.41, 5.74) is 0. The summed E-state index contributed by atoms with van der Waals surface area (Å²) in [6.45, 7) is 7.82. The van der Waals surface area contributed by atoms with Gasteiger partial charge in [0.2, 0.25) is 11.6 Å². The monoisotopic (exact) mass is 370 g/mol. The van der Waals surface area contributed by atoms with Crippen LogP contribution in [0.5, 0.6) is 0 Å². The molecular weight excluding hydrogens is 344 g/mol. The maximum atomic E-state index is 5.87. The Morgan fingerprint density at radius 2 is 1.12 bits per heavy atom. The molecule has 0 unspecified atom stereocenters. The molecule has 4 rings (SSSR count). The highest BCUT2D eigenvalue weighted by Gasteiger charge is 2.52. The molecule has 2 fully saturated rings. The Balaban J connectivity index is 1.28. The van der Waals surface area contributed by atoms with Crippen LogP contribution in [0.15, 0.2) is 24.0 Å². The third-order valence-electron chi connectivity index (χ3n) is 4.71. The van der Waals surface area contributed by atoms with E-state index in [4.69, 9.17) is 18.9 Å². The van der Waals surface area contributed by atoms with Crippen LogP contribution in [0.1, 0.15) is 66.2 Å². The fourth-order valence-electron chi connectivity index (χ4n) is 2.97. The van der Waals surface area contributed by atoms with Crippen molar-refractivity contribution in [3.8, 4) is 0 Å². The van der Waals surface area contributed by atoms with Crippen LogP contribution >= 0.6 is 21.6 Å². The second-order valence-corrected chi connectivity index (χ2v) is 11.4. The standard InChI is InChI=1S/C18H26O4S2/c1-15(2)19-11-13(21-15)9-17(5-6-17)23-24-18(7-8-18)10-14-12-20-16(3,4)22-14/h11-12H,5-10H2,1-4H3. The number of hydrogen-bond acceptors (Lipinski definition) is 6. The Morgan fingerprint density at radius 3 is 1.38 bits per heavy atom. The molecule has 0 radical (unpaired) electrons. The average molecular weight is 371 g/mol. The van der Waals surface area contributed by atoms with Crippen molar-refractivity contribution in [1.29, 1.82) is 0 Å². The van der Waals surface area contributed by atoms with E-state index in [9.17, 15) is 0 Å². The second-order valence-electron chi connectivity index (χ2n) is 8.29. The smallest absolute Gasteiger partial charge is 0.244 e. The summed E-state index contributed by atoms with van der Waals surface area (Å²) in [4.78, 5) is 0. The van der Waals surface area contributed by atoms with E-state index in [0.29, 0.717) is 9.49 Å². The Bertz CT molecular complexity index is 534. The van der Waals surface area contributed by atoms with Gasteiger partial charge < -0.3 is 18.9 Å². The molecule has 0 spiro atoms. The zero-order valence-corrected chi connectivity index (χ0v) is 16.5. The van der Waals surface area contributed by atoms with Crippen molar-refractivity contribution >= 4 is 21.6 Å². The summed E-state index contributed by atoms with van der Waals surface area (Å²) in [7, 11) is 4.09. The molecule has 0 N–H and O–H groups in total. The zero-order valence-electron chi connectivity index (χ0n) is 14.8. The van der Waals surface area contributed by atoms with Crippen LogP contribution in [-0.2, 0) is 18.9 Å². The largest absolute Gasteiger partial charge is 0.457 e. The van der Waals surface area contributed by atoms with Crippen molar-refractivity contribution in [2.75, 3.05) is 0 Å². The molecule has 24 heavy (non-hydrogen) atoms. The van der Waals surface area contributed by atoms with Crippen LogP contribution in [0, 0.1) is 0 Å². The van der Waals surface area contributed by atoms with Crippen molar-refractivity contribution in [1.82, 2.24) is 0 Å². The third kappa shape index (κ3) is 3.79. The van der Waals surface area contributed by atoms with Crippen molar-refractivity contribution in [2.24, 2.45) is 0 Å². The molecule has 0 aromatic rings. The van der Waals surface area contributed by atoms with Crippen molar-refractivity contribution < 1.29 is 18.9 Å². The van der Waals surface area contributed by atoms with E-state index < -0.39 is 11.6 Å². The Hall–Kier alpha value is -0.620. The summed E-state index contributed by atoms with van der Waals surface area (Å²) in [5.74, 6) is 0.986. The first kappa shape index (κ1) is 16.8. The maximum absolute atomic E-state index is 5.87. The molecule has 0 atom stereocenters. The van der Waals surface area contributed by atoms with Gasteiger partial charge in [0.05, 0.1) is 0 Å². The van der Waals surface area contributed by atoms with E-state index in [1.807, 2.05) is 49.3 Å². The summed E-state index contributed by atoms with van der Waals surface area (Å²) in [5, 5.41) is 0. The van der Waals surface area contributed by atoms with Gasteiger partial charge in [-0.3, -0.25) is 0 Å². The molecule has 0 aromatic heterocycles. The zero-order chi connectivity index (χ0) is 17.1. The van der Waals surface area contributed by atoms with Gasteiger partial charge in [-0.25, -0.2) is 0 Å². The van der Waals surface area contributed by atoms with Gasteiger partial charge in [-0.05, 0) is 25.7 Å².